The lowest BCUT2D eigenvalue weighted by Gasteiger charge is -2.35. The van der Waals surface area contributed by atoms with Crippen molar-refractivity contribution in [1.29, 1.82) is 0 Å². The number of halogens is 2. The van der Waals surface area contributed by atoms with Gasteiger partial charge in [0, 0.05) is 43.0 Å². The van der Waals surface area contributed by atoms with Gasteiger partial charge in [-0.1, -0.05) is 0 Å². The van der Waals surface area contributed by atoms with Crippen molar-refractivity contribution in [1.82, 2.24) is 19.7 Å². The predicted octanol–water partition coefficient (Wildman–Crippen LogP) is 4.02. The molecule has 2 aromatic heterocycles. The van der Waals surface area contributed by atoms with Crippen LogP contribution in [0.25, 0.3) is 11.1 Å². The van der Waals surface area contributed by atoms with Crippen LogP contribution < -0.4 is 5.73 Å². The van der Waals surface area contributed by atoms with E-state index in [4.69, 9.17) is 5.73 Å². The number of carbonyl (C=O) groups is 1. The lowest BCUT2D eigenvalue weighted by molar-refractivity contribution is 0.0994. The van der Waals surface area contributed by atoms with E-state index in [9.17, 15) is 13.6 Å². The van der Waals surface area contributed by atoms with Crippen LogP contribution in [0, 0.1) is 11.6 Å². The zero-order valence-electron chi connectivity index (χ0n) is 17.8. The second-order valence-corrected chi connectivity index (χ2v) is 8.16. The molecule has 1 aliphatic heterocycles. The molecule has 8 heteroatoms. The van der Waals surface area contributed by atoms with E-state index < -0.39 is 17.5 Å². The molecule has 0 radical (unpaired) electrons. The number of fused-ring (bicyclic) bond motifs is 1. The molecule has 1 amide bonds. The number of hydrogen-bond acceptors (Lipinski definition) is 4. The van der Waals surface area contributed by atoms with Gasteiger partial charge in [0.15, 0.2) is 0 Å². The average Bonchev–Trinajstić information content (AvgIpc) is 3.18. The fourth-order valence-electron chi connectivity index (χ4n) is 4.25. The number of primary amides is 1. The molecule has 0 saturated heterocycles. The summed E-state index contributed by atoms with van der Waals surface area (Å²) < 4.78 is 30.0. The lowest BCUT2D eigenvalue weighted by Crippen LogP contribution is -2.36. The van der Waals surface area contributed by atoms with Crippen molar-refractivity contribution in [2.45, 2.75) is 45.8 Å². The van der Waals surface area contributed by atoms with Crippen molar-refractivity contribution in [3.63, 3.8) is 0 Å². The van der Waals surface area contributed by atoms with Gasteiger partial charge >= 0.3 is 0 Å². The molecule has 3 heterocycles. The van der Waals surface area contributed by atoms with Crippen LogP contribution >= 0.6 is 0 Å². The van der Waals surface area contributed by atoms with Gasteiger partial charge in [0.2, 0.25) is 0 Å². The fourth-order valence-corrected chi connectivity index (χ4v) is 4.25. The van der Waals surface area contributed by atoms with Gasteiger partial charge in [0.05, 0.1) is 11.4 Å². The van der Waals surface area contributed by atoms with Crippen LogP contribution in [0.3, 0.4) is 0 Å². The zero-order chi connectivity index (χ0) is 22.3. The summed E-state index contributed by atoms with van der Waals surface area (Å²) in [6.45, 7) is 7.56. The summed E-state index contributed by atoms with van der Waals surface area (Å²) in [6.07, 6.45) is 2.41. The molecule has 0 aliphatic carbocycles. The Morgan fingerprint density at radius 3 is 2.68 bits per heavy atom. The Balaban J connectivity index is 1.76. The van der Waals surface area contributed by atoms with Crippen LogP contribution in [0.1, 0.15) is 60.3 Å². The minimum Gasteiger partial charge on any atom is -0.364 e. The Morgan fingerprint density at radius 2 is 2.00 bits per heavy atom. The normalized spacial score (nSPS) is 16.5. The largest absolute Gasteiger partial charge is 0.364 e. The first-order valence-corrected chi connectivity index (χ1v) is 10.3. The third kappa shape index (κ3) is 3.95. The van der Waals surface area contributed by atoms with Crippen LogP contribution in [0.4, 0.5) is 8.78 Å². The third-order valence-corrected chi connectivity index (χ3v) is 5.83. The number of benzene rings is 1. The highest BCUT2D eigenvalue weighted by atomic mass is 19.1. The summed E-state index contributed by atoms with van der Waals surface area (Å²) in [4.78, 5) is 18.7. The first-order valence-electron chi connectivity index (χ1n) is 10.3. The van der Waals surface area contributed by atoms with Crippen LogP contribution in [0.2, 0.25) is 0 Å². The average molecular weight is 425 g/mol. The van der Waals surface area contributed by atoms with Crippen molar-refractivity contribution in [2.75, 3.05) is 6.54 Å². The molecule has 2 N–H and O–H groups in total. The second-order valence-electron chi connectivity index (χ2n) is 8.16. The van der Waals surface area contributed by atoms with E-state index in [1.807, 2.05) is 17.7 Å². The number of nitrogens with zero attached hydrogens (tertiary/aromatic N) is 4. The van der Waals surface area contributed by atoms with Crippen LogP contribution in [-0.4, -0.2) is 32.1 Å². The topological polar surface area (TPSA) is 77.0 Å². The fraction of sp³-hybridized carbons (Fsp3) is 0.348. The first kappa shape index (κ1) is 21.1. The van der Waals surface area contributed by atoms with Gasteiger partial charge in [-0.15, -0.1) is 0 Å². The molecule has 6 nitrogen and oxygen atoms in total. The number of rotatable bonds is 5. The molecule has 31 heavy (non-hydrogen) atoms. The number of hydrogen-bond donors (Lipinski definition) is 1. The van der Waals surface area contributed by atoms with Crippen molar-refractivity contribution in [3.8, 4) is 11.1 Å². The predicted molar refractivity (Wildman–Crippen MR) is 113 cm³/mol. The maximum absolute atomic E-state index is 14.6. The Morgan fingerprint density at radius 1 is 1.23 bits per heavy atom. The van der Waals surface area contributed by atoms with Gasteiger partial charge in [-0.05, 0) is 62.6 Å². The highest BCUT2D eigenvalue weighted by molar-refractivity contribution is 5.92. The molecule has 0 saturated carbocycles. The quantitative estimate of drug-likeness (QED) is 0.670. The molecule has 0 fully saturated rings. The molecule has 4 rings (SSSR count). The Labute approximate surface area is 179 Å². The van der Waals surface area contributed by atoms with Crippen molar-refractivity contribution in [2.24, 2.45) is 5.73 Å². The second kappa shape index (κ2) is 8.19. The molecule has 0 unspecified atom stereocenters. The van der Waals surface area contributed by atoms with E-state index in [0.717, 1.165) is 23.9 Å². The molecule has 0 bridgehead atoms. The zero-order valence-corrected chi connectivity index (χ0v) is 17.8. The Kier molecular flexibility index (Phi) is 5.58. The van der Waals surface area contributed by atoms with Gasteiger partial charge in [-0.25, -0.2) is 13.8 Å². The van der Waals surface area contributed by atoms with Crippen LogP contribution in [0.5, 0.6) is 0 Å². The van der Waals surface area contributed by atoms with Crippen LogP contribution in [0.15, 0.2) is 36.5 Å². The third-order valence-electron chi connectivity index (χ3n) is 5.83. The van der Waals surface area contributed by atoms with E-state index in [2.05, 4.69) is 28.8 Å². The number of aromatic nitrogens is 3. The summed E-state index contributed by atoms with van der Waals surface area (Å²) in [7, 11) is 0. The SMILES string of the molecule is CC(C)n1nccc1CN1CCc2c(-c3ccc(F)cc3F)cc(C(N)=O)nc2[C@H]1C. The number of amides is 1. The molecule has 1 aliphatic rings. The van der Waals surface area contributed by atoms with Gasteiger partial charge in [-0.3, -0.25) is 14.4 Å². The monoisotopic (exact) mass is 425 g/mol. The van der Waals surface area contributed by atoms with Gasteiger partial charge < -0.3 is 5.73 Å². The minimum atomic E-state index is -0.686. The van der Waals surface area contributed by atoms with E-state index in [0.29, 0.717) is 24.2 Å². The molecule has 162 valence electrons. The smallest absolute Gasteiger partial charge is 0.267 e. The van der Waals surface area contributed by atoms with Crippen molar-refractivity contribution in [3.05, 3.63) is 70.8 Å². The summed E-state index contributed by atoms with van der Waals surface area (Å²) >= 11 is 0. The van der Waals surface area contributed by atoms with E-state index >= 15 is 0 Å². The maximum atomic E-state index is 14.6. The first-order chi connectivity index (χ1) is 14.8. The Bertz CT molecular complexity index is 1140. The van der Waals surface area contributed by atoms with Gasteiger partial charge in [0.1, 0.15) is 17.3 Å². The molecular weight excluding hydrogens is 400 g/mol. The molecule has 3 aromatic rings. The van der Waals surface area contributed by atoms with E-state index in [-0.39, 0.29) is 23.3 Å². The summed E-state index contributed by atoms with van der Waals surface area (Å²) in [5.41, 5.74) is 8.99. The highest BCUT2D eigenvalue weighted by Crippen LogP contribution is 2.37. The van der Waals surface area contributed by atoms with Crippen LogP contribution in [-0.2, 0) is 13.0 Å². The van der Waals surface area contributed by atoms with Crippen molar-refractivity contribution < 1.29 is 13.6 Å². The number of carbonyl (C=O) groups excluding carboxylic acids is 1. The van der Waals surface area contributed by atoms with Gasteiger partial charge in [-0.2, -0.15) is 5.10 Å². The van der Waals surface area contributed by atoms with E-state index in [1.54, 1.807) is 6.20 Å². The molecule has 0 spiro atoms. The number of nitrogens with two attached hydrogens (primary N) is 1. The summed E-state index contributed by atoms with van der Waals surface area (Å²) in [5.74, 6) is -2.02. The summed E-state index contributed by atoms with van der Waals surface area (Å²) in [5, 5.41) is 4.40. The minimum absolute atomic E-state index is 0.0680. The molecule has 1 atom stereocenters. The molecular formula is C23H25F2N5O. The van der Waals surface area contributed by atoms with Gasteiger partial charge in [0.25, 0.3) is 5.91 Å². The summed E-state index contributed by atoms with van der Waals surface area (Å²) in [6, 6.07) is 7.07. The maximum Gasteiger partial charge on any atom is 0.267 e. The number of pyridine rings is 1. The standard InChI is InChI=1S/C23H25F2N5O/c1-13(2)30-16(6-8-27-30)12-29-9-7-18-19(17-5-4-15(24)10-20(17)25)11-21(23(26)31)28-22(18)14(29)3/h4-6,8,10-11,13-14H,7,9,12H2,1-3H3,(H2,26,31)/t14-/m1/s1. The lowest BCUT2D eigenvalue weighted by atomic mass is 9.89. The van der Waals surface area contributed by atoms with Crippen molar-refractivity contribution >= 4 is 5.91 Å². The van der Waals surface area contributed by atoms with E-state index in [1.165, 1.54) is 18.2 Å². The molecule has 1 aromatic carbocycles. The highest BCUT2D eigenvalue weighted by Gasteiger charge is 2.30. The Hall–Kier alpha value is -3.13.